The summed E-state index contributed by atoms with van der Waals surface area (Å²) in [5.74, 6) is 1.64. The zero-order valence-electron chi connectivity index (χ0n) is 18.8. The molecule has 0 aromatic rings. The second kappa shape index (κ2) is 10.0. The van der Waals surface area contributed by atoms with E-state index in [1.165, 1.54) is 12.8 Å². The van der Waals surface area contributed by atoms with Crippen LogP contribution in [-0.4, -0.2) is 78.9 Å². The van der Waals surface area contributed by atoms with E-state index in [1.807, 2.05) is 25.7 Å². The second-order valence-corrected chi connectivity index (χ2v) is 9.62. The number of guanidine groups is 1. The fraction of sp³-hybridized carbons (Fsp3) is 0.909. The molecule has 2 saturated heterocycles. The molecule has 1 N–H and O–H groups in total. The topological polar surface area (TPSA) is 66.4 Å². The third-order valence-electron chi connectivity index (χ3n) is 5.79. The van der Waals surface area contributed by atoms with Crippen molar-refractivity contribution in [2.75, 3.05) is 39.3 Å². The highest BCUT2D eigenvalue weighted by molar-refractivity contribution is 5.80. The Labute approximate surface area is 176 Å². The molecule has 0 aromatic heterocycles. The number of piperidine rings is 1. The first-order valence-corrected chi connectivity index (χ1v) is 11.5. The number of aliphatic imine (C=N–C) groups is 1. The van der Waals surface area contributed by atoms with Crippen molar-refractivity contribution in [3.05, 3.63) is 0 Å². The van der Waals surface area contributed by atoms with Crippen molar-refractivity contribution >= 4 is 12.1 Å². The van der Waals surface area contributed by atoms with E-state index in [-0.39, 0.29) is 18.2 Å². The molecule has 1 aliphatic carbocycles. The van der Waals surface area contributed by atoms with Crippen LogP contribution in [0.25, 0.3) is 0 Å². The predicted molar refractivity (Wildman–Crippen MR) is 115 cm³/mol. The minimum absolute atomic E-state index is 0.151. The maximum atomic E-state index is 12.8. The molecule has 0 aromatic carbocycles. The van der Waals surface area contributed by atoms with Crippen molar-refractivity contribution in [1.82, 2.24) is 15.1 Å². The zero-order valence-corrected chi connectivity index (χ0v) is 18.8. The number of hydrogen-bond acceptors (Lipinski definition) is 4. The van der Waals surface area contributed by atoms with Gasteiger partial charge in [0.2, 0.25) is 0 Å². The Morgan fingerprint density at radius 3 is 2.48 bits per heavy atom. The van der Waals surface area contributed by atoms with E-state index < -0.39 is 5.60 Å². The van der Waals surface area contributed by atoms with Crippen molar-refractivity contribution in [1.29, 1.82) is 0 Å². The van der Waals surface area contributed by atoms with Crippen LogP contribution in [0.3, 0.4) is 0 Å². The standard InChI is InChI=1S/C22H40N4O3/c1-5-23-20(24-15-19-7-6-14-28-19)25-12-10-18(11-13-25)26(16-17-8-9-17)21(27)29-22(2,3)4/h17-19H,5-16H2,1-4H3,(H,23,24). The van der Waals surface area contributed by atoms with Crippen LogP contribution in [0.5, 0.6) is 0 Å². The maximum Gasteiger partial charge on any atom is 0.410 e. The third kappa shape index (κ3) is 7.05. The van der Waals surface area contributed by atoms with Crippen LogP contribution in [0, 0.1) is 5.92 Å². The van der Waals surface area contributed by atoms with Crippen LogP contribution in [0.15, 0.2) is 4.99 Å². The quantitative estimate of drug-likeness (QED) is 0.540. The summed E-state index contributed by atoms with van der Waals surface area (Å²) < 4.78 is 11.4. The van der Waals surface area contributed by atoms with E-state index in [1.54, 1.807) is 0 Å². The van der Waals surface area contributed by atoms with Crippen LogP contribution in [-0.2, 0) is 9.47 Å². The zero-order chi connectivity index (χ0) is 20.9. The molecular weight excluding hydrogens is 368 g/mol. The molecule has 3 fully saturated rings. The first kappa shape index (κ1) is 22.2. The average molecular weight is 409 g/mol. The highest BCUT2D eigenvalue weighted by atomic mass is 16.6. The number of ether oxygens (including phenoxy) is 2. The van der Waals surface area contributed by atoms with Crippen molar-refractivity contribution in [3.8, 4) is 0 Å². The highest BCUT2D eigenvalue weighted by Crippen LogP contribution is 2.32. The molecule has 166 valence electrons. The molecule has 0 spiro atoms. The van der Waals surface area contributed by atoms with Gasteiger partial charge in [-0.2, -0.15) is 0 Å². The Balaban J connectivity index is 1.56. The molecule has 7 nitrogen and oxygen atoms in total. The smallest absolute Gasteiger partial charge is 0.410 e. The molecule has 7 heteroatoms. The summed E-state index contributed by atoms with van der Waals surface area (Å²) in [4.78, 5) is 22.0. The van der Waals surface area contributed by atoms with E-state index >= 15 is 0 Å². The van der Waals surface area contributed by atoms with E-state index in [9.17, 15) is 4.79 Å². The Morgan fingerprint density at radius 1 is 1.21 bits per heavy atom. The minimum atomic E-state index is -0.452. The number of nitrogens with zero attached hydrogens (tertiary/aromatic N) is 3. The maximum absolute atomic E-state index is 12.8. The lowest BCUT2D eigenvalue weighted by Crippen LogP contribution is -2.52. The molecule has 3 aliphatic rings. The van der Waals surface area contributed by atoms with Crippen LogP contribution in [0.2, 0.25) is 0 Å². The second-order valence-electron chi connectivity index (χ2n) is 9.62. The lowest BCUT2D eigenvalue weighted by Gasteiger charge is -2.40. The number of amides is 1. The first-order valence-electron chi connectivity index (χ1n) is 11.5. The van der Waals surface area contributed by atoms with Gasteiger partial charge in [-0.1, -0.05) is 0 Å². The molecule has 1 amide bonds. The molecule has 29 heavy (non-hydrogen) atoms. The lowest BCUT2D eigenvalue weighted by molar-refractivity contribution is 0.00926. The average Bonchev–Trinajstić information content (AvgIpc) is 3.34. The summed E-state index contributed by atoms with van der Waals surface area (Å²) in [5, 5.41) is 3.43. The summed E-state index contributed by atoms with van der Waals surface area (Å²) in [6, 6.07) is 0.253. The van der Waals surface area contributed by atoms with Crippen molar-refractivity contribution in [2.24, 2.45) is 10.9 Å². The molecule has 1 unspecified atom stereocenters. The molecule has 2 heterocycles. The molecule has 3 rings (SSSR count). The van der Waals surface area contributed by atoms with Gasteiger partial charge in [0.1, 0.15) is 5.60 Å². The monoisotopic (exact) mass is 408 g/mol. The summed E-state index contributed by atoms with van der Waals surface area (Å²) in [5.41, 5.74) is -0.452. The number of carbonyl (C=O) groups is 1. The van der Waals surface area contributed by atoms with E-state index in [0.29, 0.717) is 5.92 Å². The van der Waals surface area contributed by atoms with Gasteiger partial charge in [-0.3, -0.25) is 4.99 Å². The Hall–Kier alpha value is -1.50. The first-order chi connectivity index (χ1) is 13.9. The largest absolute Gasteiger partial charge is 0.444 e. The van der Waals surface area contributed by atoms with E-state index in [2.05, 4.69) is 17.1 Å². The van der Waals surface area contributed by atoms with Gasteiger partial charge in [0.15, 0.2) is 5.96 Å². The van der Waals surface area contributed by atoms with Gasteiger partial charge >= 0.3 is 6.09 Å². The molecule has 0 bridgehead atoms. The lowest BCUT2D eigenvalue weighted by atomic mass is 10.0. The number of nitrogens with one attached hydrogen (secondary N) is 1. The SMILES string of the molecule is CCNC(=NCC1CCCO1)N1CCC(N(CC2CC2)C(=O)OC(C)(C)C)CC1. The Morgan fingerprint density at radius 2 is 1.93 bits per heavy atom. The fourth-order valence-electron chi connectivity index (χ4n) is 4.06. The molecule has 1 atom stereocenters. The van der Waals surface area contributed by atoms with Crippen LogP contribution >= 0.6 is 0 Å². The van der Waals surface area contributed by atoms with E-state index in [4.69, 9.17) is 14.5 Å². The van der Waals surface area contributed by atoms with Gasteiger partial charge in [0.05, 0.1) is 12.6 Å². The summed E-state index contributed by atoms with van der Waals surface area (Å²) >= 11 is 0. The van der Waals surface area contributed by atoms with E-state index in [0.717, 1.165) is 71.0 Å². The van der Waals surface area contributed by atoms with Crippen LogP contribution in [0.4, 0.5) is 4.79 Å². The van der Waals surface area contributed by atoms with Gasteiger partial charge in [-0.15, -0.1) is 0 Å². The van der Waals surface area contributed by atoms with Gasteiger partial charge in [0, 0.05) is 38.8 Å². The number of hydrogen-bond donors (Lipinski definition) is 1. The number of rotatable bonds is 6. The summed E-state index contributed by atoms with van der Waals surface area (Å²) in [6.45, 7) is 13.0. The van der Waals surface area contributed by atoms with Gasteiger partial charge < -0.3 is 24.6 Å². The fourth-order valence-corrected chi connectivity index (χ4v) is 4.06. The number of likely N-dealkylation sites (tertiary alicyclic amines) is 1. The molecular formula is C22H40N4O3. The molecule has 0 radical (unpaired) electrons. The normalized spacial score (nSPS) is 23.9. The number of carbonyl (C=O) groups excluding carboxylic acids is 1. The minimum Gasteiger partial charge on any atom is -0.444 e. The van der Waals surface area contributed by atoms with Gasteiger partial charge in [-0.05, 0) is 72.1 Å². The molecule has 2 aliphatic heterocycles. The van der Waals surface area contributed by atoms with Crippen molar-refractivity contribution in [2.45, 2.75) is 84.0 Å². The van der Waals surface area contributed by atoms with Gasteiger partial charge in [0.25, 0.3) is 0 Å². The summed E-state index contributed by atoms with van der Waals surface area (Å²) in [7, 11) is 0. The predicted octanol–water partition coefficient (Wildman–Crippen LogP) is 3.24. The highest BCUT2D eigenvalue weighted by Gasteiger charge is 2.35. The van der Waals surface area contributed by atoms with Crippen LogP contribution in [0.1, 0.15) is 66.2 Å². The molecule has 1 saturated carbocycles. The summed E-state index contributed by atoms with van der Waals surface area (Å²) in [6.07, 6.45) is 6.74. The van der Waals surface area contributed by atoms with Crippen LogP contribution < -0.4 is 5.32 Å². The Kier molecular flexibility index (Phi) is 7.66. The van der Waals surface area contributed by atoms with Gasteiger partial charge in [-0.25, -0.2) is 4.79 Å². The van der Waals surface area contributed by atoms with Crippen molar-refractivity contribution < 1.29 is 14.3 Å². The third-order valence-corrected chi connectivity index (χ3v) is 5.79. The van der Waals surface area contributed by atoms with Crippen molar-refractivity contribution in [3.63, 3.8) is 0 Å². The Bertz CT molecular complexity index is 557.